The van der Waals surface area contributed by atoms with Crippen LogP contribution < -0.4 is 21.3 Å². The second kappa shape index (κ2) is 7.23. The molecule has 2 rings (SSSR count). The molecule has 0 radical (unpaired) electrons. The topological polar surface area (TPSA) is 110 Å². The standard InChI is InChI=1S/C12H19N5O3S/c1-2-14-8(18)7-15-11(19)9-10(13)16-12(21-9)17-3-5-20-6-4-17/h2-7,13H2,1H3,(H,14,18)(H,15,19). The Kier molecular flexibility index (Phi) is 5.34. The minimum Gasteiger partial charge on any atom is -0.382 e. The van der Waals surface area contributed by atoms with E-state index >= 15 is 0 Å². The molecule has 1 fully saturated rings. The van der Waals surface area contributed by atoms with Crippen molar-refractivity contribution in [2.24, 2.45) is 0 Å². The van der Waals surface area contributed by atoms with Gasteiger partial charge < -0.3 is 26.0 Å². The van der Waals surface area contributed by atoms with E-state index in [0.29, 0.717) is 29.8 Å². The van der Waals surface area contributed by atoms with Crippen LogP contribution in [0, 0.1) is 0 Å². The number of rotatable bonds is 5. The maximum atomic E-state index is 12.0. The second-order valence-electron chi connectivity index (χ2n) is 4.45. The van der Waals surface area contributed by atoms with Gasteiger partial charge in [0.25, 0.3) is 5.91 Å². The maximum Gasteiger partial charge on any atom is 0.265 e. The van der Waals surface area contributed by atoms with Crippen LogP contribution in [0.1, 0.15) is 16.6 Å². The number of hydrogen-bond donors (Lipinski definition) is 3. The Balaban J connectivity index is 1.97. The molecule has 0 atom stereocenters. The van der Waals surface area contributed by atoms with Gasteiger partial charge in [0.2, 0.25) is 5.91 Å². The highest BCUT2D eigenvalue weighted by atomic mass is 32.1. The number of carbonyl (C=O) groups is 2. The van der Waals surface area contributed by atoms with Gasteiger partial charge in [-0.15, -0.1) is 0 Å². The molecule has 2 amide bonds. The minimum absolute atomic E-state index is 0.0725. The first kappa shape index (κ1) is 15.5. The smallest absolute Gasteiger partial charge is 0.265 e. The van der Waals surface area contributed by atoms with Gasteiger partial charge in [-0.1, -0.05) is 11.3 Å². The van der Waals surface area contributed by atoms with Crippen LogP contribution >= 0.6 is 11.3 Å². The number of nitrogens with two attached hydrogens (primary N) is 1. The lowest BCUT2D eigenvalue weighted by atomic mass is 10.4. The quantitative estimate of drug-likeness (QED) is 0.671. The van der Waals surface area contributed by atoms with Crippen LogP contribution in [0.2, 0.25) is 0 Å². The van der Waals surface area contributed by atoms with E-state index in [1.807, 2.05) is 11.8 Å². The molecule has 0 aromatic carbocycles. The van der Waals surface area contributed by atoms with Crippen molar-refractivity contribution in [1.29, 1.82) is 0 Å². The molecule has 1 aromatic rings. The normalized spacial score (nSPS) is 14.8. The Morgan fingerprint density at radius 1 is 1.38 bits per heavy atom. The molecule has 0 spiro atoms. The number of thiazole rings is 1. The van der Waals surface area contributed by atoms with Crippen molar-refractivity contribution in [2.45, 2.75) is 6.92 Å². The summed E-state index contributed by atoms with van der Waals surface area (Å²) >= 11 is 1.23. The van der Waals surface area contributed by atoms with E-state index in [2.05, 4.69) is 15.6 Å². The number of nitrogens with one attached hydrogen (secondary N) is 2. The predicted molar refractivity (Wildman–Crippen MR) is 80.6 cm³/mol. The fourth-order valence-corrected chi connectivity index (χ4v) is 2.83. The molecule has 4 N–H and O–H groups in total. The summed E-state index contributed by atoms with van der Waals surface area (Å²) in [5.74, 6) is -0.423. The third-order valence-electron chi connectivity index (χ3n) is 2.91. The number of aromatic nitrogens is 1. The Hall–Kier alpha value is -1.87. The van der Waals surface area contributed by atoms with Crippen LogP contribution in [0.15, 0.2) is 0 Å². The summed E-state index contributed by atoms with van der Waals surface area (Å²) in [5.41, 5.74) is 5.79. The molecule has 0 saturated carbocycles. The van der Waals surface area contributed by atoms with E-state index in [-0.39, 0.29) is 24.2 Å². The zero-order valence-electron chi connectivity index (χ0n) is 11.8. The number of anilines is 2. The SMILES string of the molecule is CCNC(=O)CNC(=O)c1sc(N2CCOCC2)nc1N. The van der Waals surface area contributed by atoms with Crippen LogP contribution in [0.3, 0.4) is 0 Å². The number of carbonyl (C=O) groups excluding carboxylic acids is 2. The Morgan fingerprint density at radius 3 is 2.76 bits per heavy atom. The molecule has 1 aliphatic heterocycles. The van der Waals surface area contributed by atoms with Crippen LogP contribution in [0.4, 0.5) is 10.9 Å². The van der Waals surface area contributed by atoms with Crippen molar-refractivity contribution in [3.63, 3.8) is 0 Å². The molecule has 0 aliphatic carbocycles. The van der Waals surface area contributed by atoms with Crippen molar-refractivity contribution in [3.8, 4) is 0 Å². The third kappa shape index (κ3) is 4.05. The van der Waals surface area contributed by atoms with Crippen molar-refractivity contribution in [3.05, 3.63) is 4.88 Å². The predicted octanol–water partition coefficient (Wildman–Crippen LogP) is -0.572. The number of morpholine rings is 1. The summed E-state index contributed by atoms with van der Waals surface area (Å²) in [7, 11) is 0. The summed E-state index contributed by atoms with van der Waals surface area (Å²) < 4.78 is 5.27. The molecule has 1 aliphatic rings. The zero-order valence-corrected chi connectivity index (χ0v) is 12.7. The van der Waals surface area contributed by atoms with Gasteiger partial charge in [-0.2, -0.15) is 0 Å². The summed E-state index contributed by atoms with van der Waals surface area (Å²) in [4.78, 5) is 29.9. The minimum atomic E-state index is -0.379. The Labute approximate surface area is 126 Å². The van der Waals surface area contributed by atoms with E-state index in [4.69, 9.17) is 10.5 Å². The van der Waals surface area contributed by atoms with Gasteiger partial charge in [0.1, 0.15) is 10.7 Å². The lowest BCUT2D eigenvalue weighted by Gasteiger charge is -2.25. The van der Waals surface area contributed by atoms with Crippen LogP contribution in [-0.4, -0.2) is 56.2 Å². The summed E-state index contributed by atoms with van der Waals surface area (Å²) in [6, 6.07) is 0. The highest BCUT2D eigenvalue weighted by Gasteiger charge is 2.21. The molecule has 8 nitrogen and oxygen atoms in total. The maximum absolute atomic E-state index is 12.0. The number of ether oxygens (including phenoxy) is 1. The van der Waals surface area contributed by atoms with Gasteiger partial charge in [-0.05, 0) is 6.92 Å². The molecule has 0 bridgehead atoms. The van der Waals surface area contributed by atoms with Crippen molar-refractivity contribution >= 4 is 34.1 Å². The monoisotopic (exact) mass is 313 g/mol. The Morgan fingerprint density at radius 2 is 2.10 bits per heavy atom. The van der Waals surface area contributed by atoms with Crippen molar-refractivity contribution in [2.75, 3.05) is 50.0 Å². The molecule has 21 heavy (non-hydrogen) atoms. The summed E-state index contributed by atoms with van der Waals surface area (Å²) in [6.45, 7) is 5.00. The van der Waals surface area contributed by atoms with E-state index < -0.39 is 0 Å². The number of amides is 2. The van der Waals surface area contributed by atoms with E-state index in [0.717, 1.165) is 13.1 Å². The van der Waals surface area contributed by atoms with Crippen LogP contribution in [0.25, 0.3) is 0 Å². The fourth-order valence-electron chi connectivity index (χ4n) is 1.87. The van der Waals surface area contributed by atoms with Gasteiger partial charge in [0.15, 0.2) is 5.13 Å². The molecule has 1 aromatic heterocycles. The molecular weight excluding hydrogens is 294 g/mol. The van der Waals surface area contributed by atoms with Crippen molar-refractivity contribution < 1.29 is 14.3 Å². The molecular formula is C12H19N5O3S. The third-order valence-corrected chi connectivity index (χ3v) is 4.04. The van der Waals surface area contributed by atoms with Gasteiger partial charge in [-0.3, -0.25) is 9.59 Å². The first-order valence-corrected chi connectivity index (χ1v) is 7.57. The number of likely N-dealkylation sites (N-methyl/N-ethyl adjacent to an activating group) is 1. The second-order valence-corrected chi connectivity index (χ2v) is 5.42. The lowest BCUT2D eigenvalue weighted by Crippen LogP contribution is -2.36. The number of nitrogen functional groups attached to an aromatic ring is 1. The van der Waals surface area contributed by atoms with Gasteiger partial charge >= 0.3 is 0 Å². The van der Waals surface area contributed by atoms with E-state index in [1.165, 1.54) is 11.3 Å². The Bertz CT molecular complexity index is 513. The van der Waals surface area contributed by atoms with Crippen LogP contribution in [0.5, 0.6) is 0 Å². The molecule has 2 heterocycles. The van der Waals surface area contributed by atoms with E-state index in [1.54, 1.807) is 0 Å². The van der Waals surface area contributed by atoms with Crippen LogP contribution in [-0.2, 0) is 9.53 Å². The largest absolute Gasteiger partial charge is 0.382 e. The fraction of sp³-hybridized carbons (Fsp3) is 0.583. The van der Waals surface area contributed by atoms with Gasteiger partial charge in [0.05, 0.1) is 19.8 Å². The van der Waals surface area contributed by atoms with Gasteiger partial charge in [-0.25, -0.2) is 4.98 Å². The molecule has 0 unspecified atom stereocenters. The zero-order chi connectivity index (χ0) is 15.2. The highest BCUT2D eigenvalue weighted by molar-refractivity contribution is 7.18. The molecule has 116 valence electrons. The average Bonchev–Trinajstić information content (AvgIpc) is 2.88. The number of nitrogens with zero attached hydrogens (tertiary/aromatic N) is 2. The van der Waals surface area contributed by atoms with Crippen molar-refractivity contribution in [1.82, 2.24) is 15.6 Å². The van der Waals surface area contributed by atoms with E-state index in [9.17, 15) is 9.59 Å². The van der Waals surface area contributed by atoms with Gasteiger partial charge in [0, 0.05) is 19.6 Å². The summed E-state index contributed by atoms with van der Waals surface area (Å²) in [5, 5.41) is 5.85. The lowest BCUT2D eigenvalue weighted by molar-refractivity contribution is -0.120. The summed E-state index contributed by atoms with van der Waals surface area (Å²) in [6.07, 6.45) is 0. The molecule has 9 heteroatoms. The molecule has 1 saturated heterocycles. The highest BCUT2D eigenvalue weighted by Crippen LogP contribution is 2.28. The average molecular weight is 313 g/mol. The number of hydrogen-bond acceptors (Lipinski definition) is 7. The first-order valence-electron chi connectivity index (χ1n) is 6.75. The first-order chi connectivity index (χ1) is 10.1.